The van der Waals surface area contributed by atoms with Crippen molar-refractivity contribution in [3.8, 4) is 5.75 Å². The van der Waals surface area contributed by atoms with Gasteiger partial charge < -0.3 is 10.1 Å². The molecule has 4 rings (SSSR count). The smallest absolute Gasteiger partial charge is 0.290 e. The number of thioether (sulfide) groups is 1. The van der Waals surface area contributed by atoms with Crippen molar-refractivity contribution in [1.82, 2.24) is 10.3 Å². The van der Waals surface area contributed by atoms with E-state index in [1.165, 1.54) is 0 Å². The highest BCUT2D eigenvalue weighted by Gasteiger charge is 2.24. The number of benzene rings is 2. The molecule has 1 aliphatic rings. The second-order valence-electron chi connectivity index (χ2n) is 5.68. The quantitative estimate of drug-likeness (QED) is 0.481. The molecule has 1 aliphatic heterocycles. The largest absolute Gasteiger partial charge is 0.492 e. The topological polar surface area (TPSA) is 80.3 Å². The average molecular weight is 397 g/mol. The highest BCUT2D eigenvalue weighted by atomic mass is 32.2. The molecule has 2 N–H and O–H groups in total. The van der Waals surface area contributed by atoms with Crippen LogP contribution in [0.4, 0.5) is 9.93 Å². The van der Waals surface area contributed by atoms with E-state index >= 15 is 0 Å². The number of hydrogen-bond donors (Lipinski definition) is 2. The number of thiazole rings is 1. The Morgan fingerprint density at radius 3 is 2.67 bits per heavy atom. The van der Waals surface area contributed by atoms with E-state index in [2.05, 4.69) is 21.7 Å². The molecule has 2 heterocycles. The van der Waals surface area contributed by atoms with Crippen LogP contribution in [0.1, 0.15) is 5.56 Å². The highest BCUT2D eigenvalue weighted by molar-refractivity contribution is 8.18. The summed E-state index contributed by atoms with van der Waals surface area (Å²) in [4.78, 5) is 27.6. The van der Waals surface area contributed by atoms with Gasteiger partial charge in [0.25, 0.3) is 11.1 Å². The number of carbonyl (C=O) groups excluding carboxylic acids is 2. The van der Waals surface area contributed by atoms with E-state index in [0.717, 1.165) is 38.4 Å². The van der Waals surface area contributed by atoms with Gasteiger partial charge in [0.15, 0.2) is 5.13 Å². The molecule has 2 amide bonds. The molecule has 0 unspecified atom stereocenters. The summed E-state index contributed by atoms with van der Waals surface area (Å²) in [5, 5.41) is 6.04. The van der Waals surface area contributed by atoms with Crippen molar-refractivity contribution in [3.63, 3.8) is 0 Å². The lowest BCUT2D eigenvalue weighted by atomic mass is 10.2. The Morgan fingerprint density at radius 2 is 1.93 bits per heavy atom. The van der Waals surface area contributed by atoms with Crippen LogP contribution in [0, 0.1) is 0 Å². The SMILES string of the molecule is O=C1NC(=O)/C(=C\c2ccc(OCCNc3nc4ccccc4s3)cc2)S1. The molecular formula is C19H15N3O3S2. The summed E-state index contributed by atoms with van der Waals surface area (Å²) < 4.78 is 6.87. The van der Waals surface area contributed by atoms with Gasteiger partial charge in [0, 0.05) is 0 Å². The second kappa shape index (κ2) is 7.81. The molecule has 27 heavy (non-hydrogen) atoms. The lowest BCUT2D eigenvalue weighted by Crippen LogP contribution is -2.17. The van der Waals surface area contributed by atoms with Gasteiger partial charge in [-0.15, -0.1) is 0 Å². The molecule has 1 fully saturated rings. The number of aromatic nitrogens is 1. The van der Waals surface area contributed by atoms with Crippen LogP contribution in [-0.2, 0) is 4.79 Å². The second-order valence-corrected chi connectivity index (χ2v) is 7.73. The van der Waals surface area contributed by atoms with Crippen molar-refractivity contribution in [2.45, 2.75) is 0 Å². The van der Waals surface area contributed by atoms with Gasteiger partial charge in [-0.25, -0.2) is 4.98 Å². The van der Waals surface area contributed by atoms with E-state index in [9.17, 15) is 9.59 Å². The first kappa shape index (κ1) is 17.6. The number of fused-ring (bicyclic) bond motifs is 1. The molecule has 0 radical (unpaired) electrons. The number of imide groups is 1. The Labute approximate surface area is 163 Å². The van der Waals surface area contributed by atoms with E-state index in [1.807, 2.05) is 42.5 Å². The van der Waals surface area contributed by atoms with Gasteiger partial charge in [-0.2, -0.15) is 0 Å². The van der Waals surface area contributed by atoms with Crippen LogP contribution < -0.4 is 15.4 Å². The first-order valence-corrected chi connectivity index (χ1v) is 9.88. The maximum atomic E-state index is 11.5. The third kappa shape index (κ3) is 4.29. The van der Waals surface area contributed by atoms with Gasteiger partial charge in [-0.05, 0) is 47.7 Å². The summed E-state index contributed by atoms with van der Waals surface area (Å²) in [6.07, 6.45) is 1.68. The van der Waals surface area contributed by atoms with E-state index in [1.54, 1.807) is 17.4 Å². The molecule has 8 heteroatoms. The van der Waals surface area contributed by atoms with Crippen LogP contribution in [0.3, 0.4) is 0 Å². The minimum Gasteiger partial charge on any atom is -0.492 e. The number of carbonyl (C=O) groups is 2. The summed E-state index contributed by atoms with van der Waals surface area (Å²) in [7, 11) is 0. The van der Waals surface area contributed by atoms with Crippen molar-refractivity contribution in [1.29, 1.82) is 0 Å². The number of nitrogens with zero attached hydrogens (tertiary/aromatic N) is 1. The predicted octanol–water partition coefficient (Wildman–Crippen LogP) is 4.11. The maximum Gasteiger partial charge on any atom is 0.290 e. The number of para-hydroxylation sites is 1. The number of anilines is 1. The fraction of sp³-hybridized carbons (Fsp3) is 0.105. The zero-order chi connectivity index (χ0) is 18.6. The summed E-state index contributed by atoms with van der Waals surface area (Å²) in [5.74, 6) is 0.383. The summed E-state index contributed by atoms with van der Waals surface area (Å²) in [5.41, 5.74) is 1.83. The Balaban J connectivity index is 1.28. The third-order valence-electron chi connectivity index (χ3n) is 3.76. The summed E-state index contributed by atoms with van der Waals surface area (Å²) in [6, 6.07) is 15.4. The van der Waals surface area contributed by atoms with Crippen LogP contribution in [0.25, 0.3) is 16.3 Å². The monoisotopic (exact) mass is 397 g/mol. The molecular weight excluding hydrogens is 382 g/mol. The first-order valence-electron chi connectivity index (χ1n) is 8.24. The predicted molar refractivity (Wildman–Crippen MR) is 109 cm³/mol. The minimum absolute atomic E-state index is 0.341. The van der Waals surface area contributed by atoms with Crippen molar-refractivity contribution >= 4 is 55.7 Å². The van der Waals surface area contributed by atoms with Crippen LogP contribution in [-0.4, -0.2) is 29.3 Å². The van der Waals surface area contributed by atoms with Gasteiger partial charge in [-0.3, -0.25) is 14.9 Å². The fourth-order valence-electron chi connectivity index (χ4n) is 2.51. The molecule has 0 atom stereocenters. The van der Waals surface area contributed by atoms with Gasteiger partial charge in [0.05, 0.1) is 21.7 Å². The van der Waals surface area contributed by atoms with E-state index in [-0.39, 0.29) is 11.1 Å². The third-order valence-corrected chi connectivity index (χ3v) is 5.57. The van der Waals surface area contributed by atoms with Gasteiger partial charge in [0.2, 0.25) is 0 Å². The van der Waals surface area contributed by atoms with Crippen LogP contribution in [0.5, 0.6) is 5.75 Å². The fourth-order valence-corrected chi connectivity index (χ4v) is 4.08. The van der Waals surface area contributed by atoms with Gasteiger partial charge >= 0.3 is 0 Å². The number of amides is 2. The molecule has 0 bridgehead atoms. The Bertz CT molecular complexity index is 995. The number of nitrogens with one attached hydrogen (secondary N) is 2. The van der Waals surface area contributed by atoms with Gasteiger partial charge in [-0.1, -0.05) is 35.6 Å². The number of ether oxygens (including phenoxy) is 1. The highest BCUT2D eigenvalue weighted by Crippen LogP contribution is 2.26. The number of rotatable bonds is 6. The van der Waals surface area contributed by atoms with Gasteiger partial charge in [0.1, 0.15) is 12.4 Å². The van der Waals surface area contributed by atoms with Crippen LogP contribution in [0.15, 0.2) is 53.4 Å². The molecule has 0 spiro atoms. The molecule has 6 nitrogen and oxygen atoms in total. The van der Waals surface area contributed by atoms with Crippen molar-refractivity contribution in [2.24, 2.45) is 0 Å². The van der Waals surface area contributed by atoms with E-state index < -0.39 is 0 Å². The number of hydrogen-bond acceptors (Lipinski definition) is 7. The van der Waals surface area contributed by atoms with Crippen molar-refractivity contribution in [3.05, 3.63) is 59.0 Å². The first-order chi connectivity index (χ1) is 13.2. The van der Waals surface area contributed by atoms with Crippen molar-refractivity contribution < 1.29 is 14.3 Å². The maximum absolute atomic E-state index is 11.5. The summed E-state index contributed by atoms with van der Waals surface area (Å²) in [6.45, 7) is 1.15. The standard InChI is InChI=1S/C19H15N3O3S2/c23-17-16(27-19(24)22-17)11-12-5-7-13(8-6-12)25-10-9-20-18-21-14-3-1-2-4-15(14)26-18/h1-8,11H,9-10H2,(H,20,21)(H,22,23,24)/b16-11+. The zero-order valence-electron chi connectivity index (χ0n) is 14.1. The lowest BCUT2D eigenvalue weighted by molar-refractivity contribution is -0.115. The average Bonchev–Trinajstić information content (AvgIpc) is 3.22. The molecule has 2 aromatic carbocycles. The van der Waals surface area contributed by atoms with Crippen LogP contribution >= 0.6 is 23.1 Å². The molecule has 0 saturated carbocycles. The Kier molecular flexibility index (Phi) is 5.08. The van der Waals surface area contributed by atoms with E-state index in [4.69, 9.17) is 4.74 Å². The summed E-state index contributed by atoms with van der Waals surface area (Å²) >= 11 is 2.52. The Hall–Kier alpha value is -2.84. The van der Waals surface area contributed by atoms with E-state index in [0.29, 0.717) is 18.1 Å². The van der Waals surface area contributed by atoms with Crippen LogP contribution in [0.2, 0.25) is 0 Å². The molecule has 1 saturated heterocycles. The molecule has 1 aromatic heterocycles. The lowest BCUT2D eigenvalue weighted by Gasteiger charge is -2.07. The molecule has 0 aliphatic carbocycles. The minimum atomic E-state index is -0.355. The van der Waals surface area contributed by atoms with Crippen molar-refractivity contribution in [2.75, 3.05) is 18.5 Å². The zero-order valence-corrected chi connectivity index (χ0v) is 15.7. The normalized spacial score (nSPS) is 15.3. The Morgan fingerprint density at radius 1 is 1.11 bits per heavy atom. The molecule has 136 valence electrons. The molecule has 3 aromatic rings.